The van der Waals surface area contributed by atoms with E-state index in [-0.39, 0.29) is 17.4 Å². The van der Waals surface area contributed by atoms with Gasteiger partial charge >= 0.3 is 5.97 Å². The lowest BCUT2D eigenvalue weighted by Crippen LogP contribution is -2.62. The Kier molecular flexibility index (Phi) is 6.01. The number of carbonyl (C=O) groups is 1. The molecule has 158 valence electrons. The normalized spacial score (nSPS) is 25.6. The molecule has 1 saturated heterocycles. The number of ether oxygens (including phenoxy) is 3. The van der Waals surface area contributed by atoms with Gasteiger partial charge in [-0.2, -0.15) is 4.31 Å². The molecule has 3 rings (SSSR count). The van der Waals surface area contributed by atoms with Crippen molar-refractivity contribution in [3.63, 3.8) is 0 Å². The van der Waals surface area contributed by atoms with Gasteiger partial charge in [0.1, 0.15) is 0 Å². The van der Waals surface area contributed by atoms with Gasteiger partial charge in [0, 0.05) is 32.3 Å². The van der Waals surface area contributed by atoms with Crippen LogP contribution < -0.4 is 0 Å². The van der Waals surface area contributed by atoms with Crippen LogP contribution in [0.25, 0.3) is 0 Å². The summed E-state index contributed by atoms with van der Waals surface area (Å²) >= 11 is 0. The van der Waals surface area contributed by atoms with E-state index in [0.29, 0.717) is 12.0 Å². The minimum atomic E-state index is -3.82. The van der Waals surface area contributed by atoms with Crippen molar-refractivity contribution in [1.82, 2.24) is 4.31 Å². The lowest BCUT2D eigenvalue weighted by molar-refractivity contribution is -0.211. The Hall–Kier alpha value is -2.00. The summed E-state index contributed by atoms with van der Waals surface area (Å²) in [5, 5.41) is 0. The highest BCUT2D eigenvalue weighted by molar-refractivity contribution is 7.89. The number of fused-ring (bicyclic) bond motifs is 2. The van der Waals surface area contributed by atoms with Gasteiger partial charge in [0.05, 0.1) is 18.0 Å². The molecule has 2 aliphatic rings. The number of esters is 1. The van der Waals surface area contributed by atoms with Crippen LogP contribution in [0.3, 0.4) is 0 Å². The maximum atomic E-state index is 13.5. The molecule has 2 bridgehead atoms. The zero-order valence-electron chi connectivity index (χ0n) is 17.3. The summed E-state index contributed by atoms with van der Waals surface area (Å²) in [5.74, 6) is -2.11. The van der Waals surface area contributed by atoms with Gasteiger partial charge in [0.2, 0.25) is 15.8 Å². The van der Waals surface area contributed by atoms with E-state index in [1.165, 1.54) is 25.6 Å². The molecule has 0 amide bonds. The second-order valence-corrected chi connectivity index (χ2v) is 9.14. The molecule has 1 aliphatic heterocycles. The minimum Gasteiger partial charge on any atom is -0.466 e. The van der Waals surface area contributed by atoms with Crippen LogP contribution in [0, 0.1) is 12.8 Å². The molecule has 0 saturated carbocycles. The zero-order chi connectivity index (χ0) is 21.4. The molecule has 2 atom stereocenters. The molecule has 1 aromatic rings. The van der Waals surface area contributed by atoms with Gasteiger partial charge in [-0.1, -0.05) is 29.3 Å². The van der Waals surface area contributed by atoms with Gasteiger partial charge in [-0.3, -0.25) is 0 Å². The average Bonchev–Trinajstić information content (AvgIpc) is 2.74. The Morgan fingerprint density at radius 2 is 1.79 bits per heavy atom. The van der Waals surface area contributed by atoms with Gasteiger partial charge in [-0.15, -0.1) is 0 Å². The molecule has 7 nitrogen and oxygen atoms in total. The third-order valence-electron chi connectivity index (χ3n) is 5.85. The number of allylic oxidation sites excluding steroid dienone is 1. The van der Waals surface area contributed by atoms with Crippen molar-refractivity contribution in [2.75, 3.05) is 27.9 Å². The van der Waals surface area contributed by atoms with Crippen molar-refractivity contribution in [3.05, 3.63) is 53.1 Å². The summed E-state index contributed by atoms with van der Waals surface area (Å²) in [6, 6.07) is 6.11. The van der Waals surface area contributed by atoms with Crippen LogP contribution in [-0.4, -0.2) is 58.4 Å². The quantitative estimate of drug-likeness (QED) is 0.413. The van der Waals surface area contributed by atoms with E-state index in [2.05, 4.69) is 0 Å². The number of sulfonamides is 1. The van der Waals surface area contributed by atoms with Crippen molar-refractivity contribution in [2.24, 2.45) is 5.92 Å². The van der Waals surface area contributed by atoms with Gasteiger partial charge in [0.25, 0.3) is 0 Å². The van der Waals surface area contributed by atoms with Crippen LogP contribution in [0.1, 0.15) is 18.9 Å². The van der Waals surface area contributed by atoms with E-state index in [1.807, 2.05) is 19.9 Å². The molecule has 1 fully saturated rings. The lowest BCUT2D eigenvalue weighted by Gasteiger charge is -2.50. The molecule has 1 aliphatic carbocycles. The van der Waals surface area contributed by atoms with E-state index < -0.39 is 27.8 Å². The van der Waals surface area contributed by atoms with E-state index >= 15 is 0 Å². The van der Waals surface area contributed by atoms with E-state index in [1.54, 1.807) is 30.3 Å². The molecule has 0 unspecified atom stereocenters. The van der Waals surface area contributed by atoms with Crippen LogP contribution >= 0.6 is 0 Å². The Balaban J connectivity index is 2.16. The fourth-order valence-electron chi connectivity index (χ4n) is 4.18. The second-order valence-electron chi connectivity index (χ2n) is 7.25. The molecule has 0 N–H and O–H groups in total. The van der Waals surface area contributed by atoms with E-state index in [4.69, 9.17) is 14.2 Å². The number of aryl methyl sites for hydroxylation is 1. The van der Waals surface area contributed by atoms with Crippen molar-refractivity contribution in [3.8, 4) is 0 Å². The fourth-order valence-corrected chi connectivity index (χ4v) is 5.82. The topological polar surface area (TPSA) is 82.1 Å². The molecular formula is C21H27NO6S. The van der Waals surface area contributed by atoms with Crippen LogP contribution in [0.2, 0.25) is 0 Å². The second kappa shape index (κ2) is 8.02. The summed E-state index contributed by atoms with van der Waals surface area (Å²) in [7, 11) is 0.385. The van der Waals surface area contributed by atoms with Crippen LogP contribution in [0.15, 0.2) is 52.5 Å². The first-order chi connectivity index (χ1) is 13.7. The molecule has 1 aromatic carbocycles. The predicted molar refractivity (Wildman–Crippen MR) is 108 cm³/mol. The third-order valence-corrected chi connectivity index (χ3v) is 7.72. The smallest absolute Gasteiger partial charge is 0.334 e. The standard InChI is InChI=1S/C21H27NO6S/c1-6-15-13-22(29(24,25)16-9-7-14(2)8-10-16)19-11-17(15)18(20(23)26-3)12-21(19,27-4)28-5/h6-10,12,17,19H,11,13H2,1-5H3/b15-6-/t17-,19-/m0/s1. The van der Waals surface area contributed by atoms with Gasteiger partial charge in [0.15, 0.2) is 0 Å². The molecule has 0 spiro atoms. The first kappa shape index (κ1) is 21.7. The molecule has 1 heterocycles. The zero-order valence-corrected chi connectivity index (χ0v) is 18.2. The number of carbonyl (C=O) groups excluding carboxylic acids is 1. The fraction of sp³-hybridized carbons (Fsp3) is 0.476. The summed E-state index contributed by atoms with van der Waals surface area (Å²) in [6.07, 6.45) is 3.79. The summed E-state index contributed by atoms with van der Waals surface area (Å²) < 4.78 is 44.7. The van der Waals surface area contributed by atoms with E-state index in [9.17, 15) is 13.2 Å². The Bertz CT molecular complexity index is 944. The Morgan fingerprint density at radius 3 is 2.31 bits per heavy atom. The lowest BCUT2D eigenvalue weighted by atomic mass is 9.74. The van der Waals surface area contributed by atoms with Crippen molar-refractivity contribution >= 4 is 16.0 Å². The summed E-state index contributed by atoms with van der Waals surface area (Å²) in [4.78, 5) is 12.6. The predicted octanol–water partition coefficient (Wildman–Crippen LogP) is 2.42. The minimum absolute atomic E-state index is 0.144. The Morgan fingerprint density at radius 1 is 1.17 bits per heavy atom. The Labute approximate surface area is 172 Å². The SMILES string of the molecule is C/C=C1/CN(S(=O)(=O)c2ccc(C)cc2)[C@H]2C[C@@H]1C(C(=O)OC)=CC2(OC)OC. The summed E-state index contributed by atoms with van der Waals surface area (Å²) in [5.41, 5.74) is 2.24. The first-order valence-corrected chi connectivity index (χ1v) is 10.8. The van der Waals surface area contributed by atoms with Gasteiger partial charge in [-0.05, 0) is 38.5 Å². The molecule has 0 radical (unpaired) electrons. The van der Waals surface area contributed by atoms with E-state index in [0.717, 1.165) is 11.1 Å². The van der Waals surface area contributed by atoms with Crippen molar-refractivity contribution < 1.29 is 27.4 Å². The number of rotatable bonds is 5. The number of piperidine rings is 1. The monoisotopic (exact) mass is 421 g/mol. The molecular weight excluding hydrogens is 394 g/mol. The number of nitrogens with zero attached hydrogens (tertiary/aromatic N) is 1. The van der Waals surface area contributed by atoms with Crippen LogP contribution in [0.5, 0.6) is 0 Å². The molecule has 8 heteroatoms. The van der Waals surface area contributed by atoms with Gasteiger partial charge in [-0.25, -0.2) is 13.2 Å². The highest BCUT2D eigenvalue weighted by Crippen LogP contribution is 2.46. The average molecular weight is 422 g/mol. The first-order valence-electron chi connectivity index (χ1n) is 9.39. The largest absolute Gasteiger partial charge is 0.466 e. The molecule has 0 aromatic heterocycles. The van der Waals surface area contributed by atoms with Crippen molar-refractivity contribution in [2.45, 2.75) is 37.0 Å². The number of benzene rings is 1. The van der Waals surface area contributed by atoms with Crippen LogP contribution in [-0.2, 0) is 29.0 Å². The number of hydrogen-bond acceptors (Lipinski definition) is 6. The molecule has 29 heavy (non-hydrogen) atoms. The highest BCUT2D eigenvalue weighted by atomic mass is 32.2. The number of hydrogen-bond donors (Lipinski definition) is 0. The van der Waals surface area contributed by atoms with Crippen LogP contribution in [0.4, 0.5) is 0 Å². The van der Waals surface area contributed by atoms with Gasteiger partial charge < -0.3 is 14.2 Å². The number of methoxy groups -OCH3 is 3. The third kappa shape index (κ3) is 3.54. The maximum absolute atomic E-state index is 13.5. The maximum Gasteiger partial charge on any atom is 0.334 e. The summed E-state index contributed by atoms with van der Waals surface area (Å²) in [6.45, 7) is 3.89. The van der Waals surface area contributed by atoms with Crippen molar-refractivity contribution in [1.29, 1.82) is 0 Å². The highest BCUT2D eigenvalue weighted by Gasteiger charge is 2.55.